The normalized spacial score (nSPS) is 20.2. The zero-order valence-electron chi connectivity index (χ0n) is 15.6. The van der Waals surface area contributed by atoms with Gasteiger partial charge in [-0.15, -0.1) is 11.8 Å². The summed E-state index contributed by atoms with van der Waals surface area (Å²) in [7, 11) is 0. The molecular formula is C21H22N2O4S2. The first-order chi connectivity index (χ1) is 14.0. The molecule has 29 heavy (non-hydrogen) atoms. The molecule has 2 aromatic rings. The van der Waals surface area contributed by atoms with Crippen LogP contribution in [0.3, 0.4) is 0 Å². The number of carboxylic acids is 1. The lowest BCUT2D eigenvalue weighted by Gasteiger charge is -2.38. The Morgan fingerprint density at radius 2 is 1.76 bits per heavy atom. The predicted molar refractivity (Wildman–Crippen MR) is 116 cm³/mol. The summed E-state index contributed by atoms with van der Waals surface area (Å²) < 4.78 is 0. The van der Waals surface area contributed by atoms with E-state index in [0.29, 0.717) is 12.2 Å². The average molecular weight is 431 g/mol. The summed E-state index contributed by atoms with van der Waals surface area (Å²) in [6, 6.07) is 18.0. The molecule has 2 N–H and O–H groups in total. The molecule has 1 heterocycles. The third-order valence-electron chi connectivity index (χ3n) is 4.57. The number of aliphatic carboxylic acids is 1. The molecule has 152 valence electrons. The molecule has 3 rings (SSSR count). The highest BCUT2D eigenvalue weighted by atomic mass is 32.2. The fourth-order valence-electron chi connectivity index (χ4n) is 3.17. The van der Waals surface area contributed by atoms with E-state index in [9.17, 15) is 19.5 Å². The lowest BCUT2D eigenvalue weighted by Crippen LogP contribution is -2.56. The maximum absolute atomic E-state index is 13.0. The van der Waals surface area contributed by atoms with Crippen LogP contribution in [-0.2, 0) is 20.8 Å². The highest BCUT2D eigenvalue weighted by Gasteiger charge is 2.38. The van der Waals surface area contributed by atoms with Gasteiger partial charge in [0.1, 0.15) is 18.0 Å². The maximum Gasteiger partial charge on any atom is 0.323 e. The number of rotatable bonds is 7. The molecule has 0 spiro atoms. The minimum Gasteiger partial charge on any atom is -0.480 e. The van der Waals surface area contributed by atoms with Crippen molar-refractivity contribution in [2.45, 2.75) is 23.1 Å². The Bertz CT molecular complexity index is 863. The van der Waals surface area contributed by atoms with Crippen LogP contribution < -0.4 is 5.32 Å². The van der Waals surface area contributed by atoms with Gasteiger partial charge in [-0.05, 0) is 17.5 Å². The largest absolute Gasteiger partial charge is 0.480 e. The van der Waals surface area contributed by atoms with Crippen molar-refractivity contribution in [3.63, 3.8) is 0 Å². The number of hydrogen-bond acceptors (Lipinski definition) is 5. The summed E-state index contributed by atoms with van der Waals surface area (Å²) in [5.41, 5.74) is 1.83. The van der Waals surface area contributed by atoms with Crippen molar-refractivity contribution in [3.8, 4) is 0 Å². The summed E-state index contributed by atoms with van der Waals surface area (Å²) in [6.45, 7) is -0.425. The van der Waals surface area contributed by atoms with Crippen LogP contribution in [0.1, 0.15) is 16.5 Å². The fourth-order valence-corrected chi connectivity index (χ4v) is 4.76. The Hall–Kier alpha value is -2.45. The molecule has 0 bridgehead atoms. The van der Waals surface area contributed by atoms with E-state index in [1.807, 2.05) is 60.7 Å². The minimum absolute atomic E-state index is 0.343. The molecule has 0 aliphatic carbocycles. The van der Waals surface area contributed by atoms with E-state index in [1.54, 1.807) is 0 Å². The number of benzene rings is 2. The van der Waals surface area contributed by atoms with Gasteiger partial charge in [0.15, 0.2) is 0 Å². The monoisotopic (exact) mass is 430 g/mol. The number of nitrogens with one attached hydrogen (secondary N) is 1. The second-order valence-corrected chi connectivity index (χ2v) is 8.46. The van der Waals surface area contributed by atoms with Crippen LogP contribution in [-0.4, -0.2) is 51.4 Å². The minimum atomic E-state index is -1.09. The molecule has 8 heteroatoms. The van der Waals surface area contributed by atoms with Crippen molar-refractivity contribution < 1.29 is 19.5 Å². The molecular weight excluding hydrogens is 408 g/mol. The van der Waals surface area contributed by atoms with Gasteiger partial charge in [0.25, 0.3) is 0 Å². The van der Waals surface area contributed by atoms with Crippen molar-refractivity contribution in [1.82, 2.24) is 10.2 Å². The van der Waals surface area contributed by atoms with Crippen molar-refractivity contribution in [1.29, 1.82) is 0 Å². The van der Waals surface area contributed by atoms with Gasteiger partial charge in [-0.3, -0.25) is 14.4 Å². The van der Waals surface area contributed by atoms with Crippen LogP contribution in [0.5, 0.6) is 0 Å². The molecule has 2 aromatic carbocycles. The first-order valence-corrected chi connectivity index (χ1v) is 10.7. The molecule has 1 aliphatic rings. The van der Waals surface area contributed by atoms with Gasteiger partial charge in [-0.25, -0.2) is 0 Å². The third-order valence-corrected chi connectivity index (χ3v) is 6.35. The summed E-state index contributed by atoms with van der Waals surface area (Å²) in [5, 5.41) is 11.0. The van der Waals surface area contributed by atoms with Gasteiger partial charge < -0.3 is 15.3 Å². The zero-order chi connectivity index (χ0) is 20.8. The highest BCUT2D eigenvalue weighted by molar-refractivity contribution is 7.99. The SMILES string of the molecule is O=C(O)CN1C(=O)[C@@H](NC(=O)[C@@H](S)Cc2ccccc2)CS[C@H]1c1ccccc1. The first-order valence-electron chi connectivity index (χ1n) is 9.17. The number of carboxylic acid groups (broad SMARTS) is 1. The maximum atomic E-state index is 13.0. The standard InChI is InChI=1S/C21H22N2O4S2/c24-18(25)12-23-20(27)16(13-29-21(23)15-9-5-2-6-10-15)22-19(26)17(28)11-14-7-3-1-4-8-14/h1-10,16-17,21,28H,11-13H2,(H,22,26)(H,24,25)/t16-,17-,21-/m0/s1. The fraction of sp³-hybridized carbons (Fsp3) is 0.286. The van der Waals surface area contributed by atoms with Crippen LogP contribution in [0.25, 0.3) is 0 Å². The quantitative estimate of drug-likeness (QED) is 0.587. The third kappa shape index (κ3) is 5.55. The van der Waals surface area contributed by atoms with E-state index >= 15 is 0 Å². The van der Waals surface area contributed by atoms with Gasteiger partial charge in [-0.2, -0.15) is 12.6 Å². The number of thiol groups is 1. The van der Waals surface area contributed by atoms with Crippen molar-refractivity contribution in [2.24, 2.45) is 0 Å². The number of amides is 2. The lowest BCUT2D eigenvalue weighted by atomic mass is 10.1. The number of thioether (sulfide) groups is 1. The Morgan fingerprint density at radius 3 is 2.38 bits per heavy atom. The van der Waals surface area contributed by atoms with E-state index in [1.165, 1.54) is 16.7 Å². The van der Waals surface area contributed by atoms with Crippen LogP contribution in [0.15, 0.2) is 60.7 Å². The number of nitrogens with zero attached hydrogens (tertiary/aromatic N) is 1. The second kappa shape index (κ2) is 9.84. The molecule has 1 saturated heterocycles. The second-order valence-electron chi connectivity index (χ2n) is 6.72. The molecule has 6 nitrogen and oxygen atoms in total. The topological polar surface area (TPSA) is 86.7 Å². The Labute approximate surface area is 179 Å². The van der Waals surface area contributed by atoms with Crippen molar-refractivity contribution in [2.75, 3.05) is 12.3 Å². The van der Waals surface area contributed by atoms with Gasteiger partial charge in [0, 0.05) is 5.75 Å². The van der Waals surface area contributed by atoms with Crippen LogP contribution >= 0.6 is 24.4 Å². The van der Waals surface area contributed by atoms with E-state index in [2.05, 4.69) is 17.9 Å². The highest BCUT2D eigenvalue weighted by Crippen LogP contribution is 2.37. The lowest BCUT2D eigenvalue weighted by molar-refractivity contribution is -0.146. The summed E-state index contributed by atoms with van der Waals surface area (Å²) in [5.74, 6) is -1.47. The molecule has 2 amide bonds. The van der Waals surface area contributed by atoms with Crippen LogP contribution in [0.4, 0.5) is 0 Å². The van der Waals surface area contributed by atoms with E-state index in [0.717, 1.165) is 11.1 Å². The molecule has 0 aromatic heterocycles. The summed E-state index contributed by atoms with van der Waals surface area (Å²) >= 11 is 5.82. The summed E-state index contributed by atoms with van der Waals surface area (Å²) in [6.07, 6.45) is 0.440. The Kier molecular flexibility index (Phi) is 7.22. The zero-order valence-corrected chi connectivity index (χ0v) is 17.3. The van der Waals surface area contributed by atoms with E-state index in [4.69, 9.17) is 0 Å². The molecule has 1 aliphatic heterocycles. The average Bonchev–Trinajstić information content (AvgIpc) is 2.72. The molecule has 3 atom stereocenters. The van der Waals surface area contributed by atoms with Crippen LogP contribution in [0, 0.1) is 0 Å². The van der Waals surface area contributed by atoms with Gasteiger partial charge in [0.05, 0.1) is 5.25 Å². The van der Waals surface area contributed by atoms with E-state index in [-0.39, 0.29) is 5.91 Å². The number of hydrogen-bond donors (Lipinski definition) is 3. The Balaban J connectivity index is 1.68. The van der Waals surface area contributed by atoms with Gasteiger partial charge >= 0.3 is 5.97 Å². The van der Waals surface area contributed by atoms with Gasteiger partial charge in [0.2, 0.25) is 11.8 Å². The first kappa shape index (κ1) is 21.3. The molecule has 0 saturated carbocycles. The Morgan fingerprint density at radius 1 is 1.14 bits per heavy atom. The van der Waals surface area contributed by atoms with Crippen molar-refractivity contribution >= 4 is 42.2 Å². The number of carbonyl (C=O) groups excluding carboxylic acids is 2. The molecule has 1 fully saturated rings. The van der Waals surface area contributed by atoms with Crippen molar-refractivity contribution in [3.05, 3.63) is 71.8 Å². The van der Waals surface area contributed by atoms with Gasteiger partial charge in [-0.1, -0.05) is 60.7 Å². The van der Waals surface area contributed by atoms with Crippen LogP contribution in [0.2, 0.25) is 0 Å². The predicted octanol–water partition coefficient (Wildman–Crippen LogP) is 2.37. The molecule has 0 radical (unpaired) electrons. The summed E-state index contributed by atoms with van der Waals surface area (Å²) in [4.78, 5) is 38.2. The number of carbonyl (C=O) groups is 3. The molecule has 0 unspecified atom stereocenters. The van der Waals surface area contributed by atoms with E-state index < -0.39 is 35.1 Å². The smallest absolute Gasteiger partial charge is 0.323 e.